The lowest BCUT2D eigenvalue weighted by Gasteiger charge is -2.37. The van der Waals surface area contributed by atoms with E-state index in [-0.39, 0.29) is 53.8 Å². The topological polar surface area (TPSA) is 73.0 Å². The number of halogens is 3. The zero-order valence-corrected chi connectivity index (χ0v) is 20.6. The van der Waals surface area contributed by atoms with E-state index < -0.39 is 27.5 Å². The van der Waals surface area contributed by atoms with Crippen molar-refractivity contribution in [3.05, 3.63) is 52.8 Å². The van der Waals surface area contributed by atoms with Crippen LogP contribution >= 0.6 is 0 Å². The van der Waals surface area contributed by atoms with Gasteiger partial charge < -0.3 is 14.7 Å². The third kappa shape index (κ3) is 4.97. The molecule has 190 valence electrons. The molecule has 2 heterocycles. The van der Waals surface area contributed by atoms with Gasteiger partial charge in [0.1, 0.15) is 5.82 Å². The molecule has 0 bridgehead atoms. The van der Waals surface area contributed by atoms with Gasteiger partial charge in [-0.3, -0.25) is 4.79 Å². The summed E-state index contributed by atoms with van der Waals surface area (Å²) < 4.78 is 69.6. The molecule has 35 heavy (non-hydrogen) atoms. The van der Waals surface area contributed by atoms with Crippen molar-refractivity contribution >= 4 is 27.3 Å². The van der Waals surface area contributed by atoms with Crippen LogP contribution in [0.2, 0.25) is 0 Å². The van der Waals surface area contributed by atoms with E-state index in [1.54, 1.807) is 11.0 Å². The number of amides is 1. The predicted octanol–water partition coefficient (Wildman–Crippen LogP) is 3.27. The quantitative estimate of drug-likeness (QED) is 0.626. The Morgan fingerprint density at radius 2 is 1.49 bits per heavy atom. The van der Waals surface area contributed by atoms with Crippen molar-refractivity contribution in [2.24, 2.45) is 0 Å². The van der Waals surface area contributed by atoms with Gasteiger partial charge in [-0.05, 0) is 51.4 Å². The number of hydrogen-bond donors (Lipinski definition) is 1. The first-order chi connectivity index (χ1) is 16.6. The Balaban J connectivity index is 1.59. The zero-order valence-electron chi connectivity index (χ0n) is 19.8. The monoisotopic (exact) mass is 510 g/mol. The van der Waals surface area contributed by atoms with Gasteiger partial charge in [-0.1, -0.05) is 0 Å². The molecule has 4 rings (SSSR count). The highest BCUT2D eigenvalue weighted by atomic mass is 32.2. The Morgan fingerprint density at radius 3 is 2.11 bits per heavy atom. The molecule has 2 aliphatic heterocycles. The Bertz CT molecular complexity index is 1230. The van der Waals surface area contributed by atoms with Gasteiger partial charge in [-0.2, -0.15) is 0 Å². The van der Waals surface area contributed by atoms with Gasteiger partial charge in [-0.15, -0.1) is 0 Å². The van der Waals surface area contributed by atoms with Crippen molar-refractivity contribution in [2.45, 2.75) is 31.1 Å². The van der Waals surface area contributed by atoms with Crippen molar-refractivity contribution in [3.63, 3.8) is 0 Å². The first kappa shape index (κ1) is 25.3. The second-order valence-corrected chi connectivity index (χ2v) is 10.7. The molecular weight excluding hydrogens is 481 g/mol. The summed E-state index contributed by atoms with van der Waals surface area (Å²) in [5.74, 6) is -3.49. The molecule has 7 nitrogen and oxygen atoms in total. The maximum Gasteiger partial charge on any atom is 0.256 e. The fourth-order valence-corrected chi connectivity index (χ4v) is 5.36. The third-order valence-electron chi connectivity index (χ3n) is 6.75. The molecule has 0 spiro atoms. The van der Waals surface area contributed by atoms with E-state index in [1.807, 2.05) is 0 Å². The molecule has 2 aromatic carbocycles. The first-order valence-corrected chi connectivity index (χ1v) is 13.1. The summed E-state index contributed by atoms with van der Waals surface area (Å²) in [6.07, 6.45) is 3.07. The minimum Gasteiger partial charge on any atom is -0.371 e. The van der Waals surface area contributed by atoms with Crippen LogP contribution in [0.3, 0.4) is 0 Å². The molecule has 0 radical (unpaired) electrons. The van der Waals surface area contributed by atoms with E-state index in [9.17, 15) is 26.4 Å². The van der Waals surface area contributed by atoms with Gasteiger partial charge in [0.15, 0.2) is 11.6 Å². The summed E-state index contributed by atoms with van der Waals surface area (Å²) in [5.41, 5.74) is 0.423. The minimum absolute atomic E-state index is 0.00424. The van der Waals surface area contributed by atoms with Crippen molar-refractivity contribution in [2.75, 3.05) is 56.1 Å². The lowest BCUT2D eigenvalue weighted by atomic mass is 10.1. The number of piperidine rings is 1. The zero-order chi connectivity index (χ0) is 25.3. The molecule has 11 heteroatoms. The van der Waals surface area contributed by atoms with Crippen LogP contribution in [-0.4, -0.2) is 65.5 Å². The summed E-state index contributed by atoms with van der Waals surface area (Å²) in [7, 11) is -2.44. The Kier molecular flexibility index (Phi) is 7.27. The Hall–Kier alpha value is -2.79. The smallest absolute Gasteiger partial charge is 0.256 e. The summed E-state index contributed by atoms with van der Waals surface area (Å²) >= 11 is 0. The predicted molar refractivity (Wildman–Crippen MR) is 128 cm³/mol. The molecule has 2 saturated heterocycles. The number of anilines is 2. The van der Waals surface area contributed by atoms with Crippen molar-refractivity contribution in [1.29, 1.82) is 0 Å². The van der Waals surface area contributed by atoms with Crippen LogP contribution in [0.5, 0.6) is 0 Å². The Morgan fingerprint density at radius 1 is 0.857 bits per heavy atom. The highest BCUT2D eigenvalue weighted by Crippen LogP contribution is 2.30. The number of carbonyl (C=O) groups excluding carboxylic acids is 1. The van der Waals surface area contributed by atoms with E-state index >= 15 is 0 Å². The molecule has 0 aromatic heterocycles. The molecule has 1 N–H and O–H groups in total. The molecule has 2 aliphatic rings. The molecule has 0 saturated carbocycles. The van der Waals surface area contributed by atoms with Gasteiger partial charge in [0.2, 0.25) is 10.0 Å². The number of benzene rings is 2. The van der Waals surface area contributed by atoms with Gasteiger partial charge in [0.25, 0.3) is 5.91 Å². The molecule has 0 aliphatic carbocycles. The van der Waals surface area contributed by atoms with Gasteiger partial charge >= 0.3 is 0 Å². The summed E-state index contributed by atoms with van der Waals surface area (Å²) in [5, 5.41) is 0. The van der Waals surface area contributed by atoms with Gasteiger partial charge in [-0.25, -0.2) is 26.3 Å². The number of carbonyl (C=O) groups is 1. The highest BCUT2D eigenvalue weighted by Gasteiger charge is 2.29. The van der Waals surface area contributed by atoms with E-state index in [0.29, 0.717) is 5.69 Å². The molecular formula is C24H29F3N4O3S. The summed E-state index contributed by atoms with van der Waals surface area (Å²) in [6.45, 7) is 3.47. The van der Waals surface area contributed by atoms with Crippen LogP contribution in [0.15, 0.2) is 29.2 Å². The minimum atomic E-state index is -3.75. The van der Waals surface area contributed by atoms with Crippen LogP contribution in [0, 0.1) is 24.4 Å². The van der Waals surface area contributed by atoms with Crippen LogP contribution in [-0.2, 0) is 10.0 Å². The molecule has 1 amide bonds. The van der Waals surface area contributed by atoms with E-state index in [1.165, 1.54) is 31.0 Å². The lowest BCUT2D eigenvalue weighted by molar-refractivity contribution is 0.0747. The molecule has 0 unspecified atom stereocenters. The average Bonchev–Trinajstić information content (AvgIpc) is 2.89. The van der Waals surface area contributed by atoms with Crippen LogP contribution in [0.4, 0.5) is 24.5 Å². The van der Waals surface area contributed by atoms with Gasteiger partial charge in [0, 0.05) is 56.6 Å². The van der Waals surface area contributed by atoms with Crippen LogP contribution in [0.1, 0.15) is 35.2 Å². The lowest BCUT2D eigenvalue weighted by Crippen LogP contribution is -2.49. The SMILES string of the molecule is CNS(=O)(=O)c1ccc(N2CCCCC2)c(C(=O)N2CCN(c3cc(F)c(C)c(F)c3F)CC2)c1. The number of piperazine rings is 1. The maximum atomic E-state index is 14.5. The highest BCUT2D eigenvalue weighted by molar-refractivity contribution is 7.89. The number of sulfonamides is 1. The van der Waals surface area contributed by atoms with E-state index in [2.05, 4.69) is 9.62 Å². The van der Waals surface area contributed by atoms with E-state index in [0.717, 1.165) is 38.4 Å². The Labute approximate surface area is 203 Å². The number of nitrogens with zero attached hydrogens (tertiary/aromatic N) is 3. The molecule has 2 aromatic rings. The first-order valence-electron chi connectivity index (χ1n) is 11.6. The second-order valence-electron chi connectivity index (χ2n) is 8.84. The number of rotatable bonds is 5. The van der Waals surface area contributed by atoms with Gasteiger partial charge in [0.05, 0.1) is 16.1 Å². The largest absolute Gasteiger partial charge is 0.371 e. The maximum absolute atomic E-state index is 14.5. The van der Waals surface area contributed by atoms with Crippen molar-refractivity contribution in [3.8, 4) is 0 Å². The molecule has 0 atom stereocenters. The molecule has 2 fully saturated rings. The fourth-order valence-electron chi connectivity index (χ4n) is 4.61. The standard InChI is InChI=1S/C24H29F3N4O3S/c1-16-19(25)15-21(23(27)22(16)26)30-10-12-31(13-11-30)24(32)18-14-17(35(33,34)28-2)6-7-20(18)29-8-4-3-5-9-29/h6-7,14-15,28H,3-5,8-13H2,1-2H3. The average molecular weight is 511 g/mol. The van der Waals surface area contributed by atoms with Crippen molar-refractivity contribution < 1.29 is 26.4 Å². The normalized spacial score (nSPS) is 17.1. The number of nitrogens with one attached hydrogen (secondary N) is 1. The summed E-state index contributed by atoms with van der Waals surface area (Å²) in [4.78, 5) is 18.7. The second kappa shape index (κ2) is 10.1. The third-order valence-corrected chi connectivity index (χ3v) is 8.16. The van der Waals surface area contributed by atoms with Crippen LogP contribution < -0.4 is 14.5 Å². The number of hydrogen-bond acceptors (Lipinski definition) is 5. The van der Waals surface area contributed by atoms with E-state index in [4.69, 9.17) is 0 Å². The fraction of sp³-hybridized carbons (Fsp3) is 0.458. The summed E-state index contributed by atoms with van der Waals surface area (Å²) in [6, 6.07) is 5.54. The van der Waals surface area contributed by atoms with Crippen molar-refractivity contribution in [1.82, 2.24) is 9.62 Å². The van der Waals surface area contributed by atoms with Crippen LogP contribution in [0.25, 0.3) is 0 Å².